The van der Waals surface area contributed by atoms with E-state index in [2.05, 4.69) is 9.97 Å². The number of hydrogen-bond acceptors (Lipinski definition) is 2. The maximum Gasteiger partial charge on any atom is 0.416 e. The van der Waals surface area contributed by atoms with Crippen molar-refractivity contribution in [3.05, 3.63) is 69.6 Å². The van der Waals surface area contributed by atoms with Crippen LogP contribution in [0.15, 0.2) is 47.3 Å². The Kier molecular flexibility index (Phi) is 4.01. The lowest BCUT2D eigenvalue weighted by molar-refractivity contribution is -0.137. The number of carbonyl (C=O) groups excluding carboxylic acids is 1. The minimum absolute atomic E-state index is 0.0309. The highest BCUT2D eigenvalue weighted by Crippen LogP contribution is 2.29. The molecule has 124 valence electrons. The van der Waals surface area contributed by atoms with Crippen molar-refractivity contribution < 1.29 is 18.0 Å². The second kappa shape index (κ2) is 5.99. The normalized spacial score (nSPS) is 11.8. The summed E-state index contributed by atoms with van der Waals surface area (Å²) in [6.07, 6.45) is -4.27. The average molecular weight is 334 g/mol. The van der Waals surface area contributed by atoms with E-state index in [9.17, 15) is 22.8 Å². The lowest BCUT2D eigenvalue weighted by atomic mass is 10.0. The van der Waals surface area contributed by atoms with Gasteiger partial charge in [0.1, 0.15) is 5.78 Å². The van der Waals surface area contributed by atoms with Gasteiger partial charge in [-0.3, -0.25) is 4.79 Å². The zero-order valence-corrected chi connectivity index (χ0v) is 12.4. The largest absolute Gasteiger partial charge is 0.416 e. The Balaban J connectivity index is 1.74. The summed E-state index contributed by atoms with van der Waals surface area (Å²) in [4.78, 5) is 28.8. The summed E-state index contributed by atoms with van der Waals surface area (Å²) >= 11 is 0. The number of imidazole rings is 1. The summed E-state index contributed by atoms with van der Waals surface area (Å²) in [5.74, 6) is -0.149. The molecule has 24 heavy (non-hydrogen) atoms. The van der Waals surface area contributed by atoms with E-state index in [1.54, 1.807) is 18.2 Å². The van der Waals surface area contributed by atoms with Crippen LogP contribution in [0.5, 0.6) is 0 Å². The number of fused-ring (bicyclic) bond motifs is 1. The van der Waals surface area contributed by atoms with E-state index >= 15 is 0 Å². The summed E-state index contributed by atoms with van der Waals surface area (Å²) in [5, 5.41) is 0. The molecule has 0 fully saturated rings. The van der Waals surface area contributed by atoms with Gasteiger partial charge in [-0.2, -0.15) is 13.2 Å². The van der Waals surface area contributed by atoms with Crippen LogP contribution >= 0.6 is 0 Å². The summed E-state index contributed by atoms with van der Waals surface area (Å²) < 4.78 is 37.6. The minimum atomic E-state index is -4.39. The van der Waals surface area contributed by atoms with E-state index in [1.165, 1.54) is 12.1 Å². The molecule has 0 aliphatic carbocycles. The first-order valence-electron chi connectivity index (χ1n) is 7.20. The standard InChI is InChI=1S/C17H13F3N2O2/c18-17(19,20)12-6-4-10(5-7-12)8-13(23)9-11-2-1-3-14-15(11)22-16(24)21-14/h1-7H,8-9H2,(H2,21,22,24). The molecule has 0 bridgehead atoms. The predicted octanol–water partition coefficient (Wildman–Crippen LogP) is 3.23. The van der Waals surface area contributed by atoms with Crippen LogP contribution in [0.1, 0.15) is 16.7 Å². The molecule has 0 aliphatic heterocycles. The number of aromatic nitrogens is 2. The fourth-order valence-electron chi connectivity index (χ4n) is 2.58. The molecule has 2 N–H and O–H groups in total. The van der Waals surface area contributed by atoms with Crippen LogP contribution in [-0.4, -0.2) is 15.8 Å². The van der Waals surface area contributed by atoms with Crippen LogP contribution < -0.4 is 5.69 Å². The van der Waals surface area contributed by atoms with Crippen LogP contribution in [0, 0.1) is 0 Å². The highest BCUT2D eigenvalue weighted by atomic mass is 19.4. The van der Waals surface area contributed by atoms with Crippen molar-refractivity contribution in [2.75, 3.05) is 0 Å². The molecule has 0 amide bonds. The van der Waals surface area contributed by atoms with E-state index in [-0.39, 0.29) is 24.3 Å². The maximum absolute atomic E-state index is 12.5. The minimum Gasteiger partial charge on any atom is -0.306 e. The Labute approximate surface area is 134 Å². The van der Waals surface area contributed by atoms with E-state index < -0.39 is 11.7 Å². The van der Waals surface area contributed by atoms with E-state index in [0.29, 0.717) is 22.2 Å². The highest BCUT2D eigenvalue weighted by Gasteiger charge is 2.29. The third kappa shape index (κ3) is 3.40. The van der Waals surface area contributed by atoms with Crippen LogP contribution in [0.3, 0.4) is 0 Å². The number of halogens is 3. The molecule has 0 atom stereocenters. The van der Waals surface area contributed by atoms with Gasteiger partial charge in [-0.1, -0.05) is 24.3 Å². The van der Waals surface area contributed by atoms with E-state index in [1.807, 2.05) is 0 Å². The lowest BCUT2D eigenvalue weighted by Crippen LogP contribution is -2.08. The Morgan fingerprint density at radius 1 is 0.958 bits per heavy atom. The number of rotatable bonds is 4. The monoisotopic (exact) mass is 334 g/mol. The molecular weight excluding hydrogens is 321 g/mol. The lowest BCUT2D eigenvalue weighted by Gasteiger charge is -2.07. The predicted molar refractivity (Wildman–Crippen MR) is 82.8 cm³/mol. The number of ketones is 1. The second-order valence-electron chi connectivity index (χ2n) is 5.51. The van der Waals surface area contributed by atoms with Gasteiger partial charge in [0.25, 0.3) is 0 Å². The van der Waals surface area contributed by atoms with Gasteiger partial charge in [0, 0.05) is 12.8 Å². The van der Waals surface area contributed by atoms with Crippen LogP contribution in [0.25, 0.3) is 11.0 Å². The molecule has 4 nitrogen and oxygen atoms in total. The Morgan fingerprint density at radius 3 is 2.33 bits per heavy atom. The van der Waals surface area contributed by atoms with E-state index in [4.69, 9.17) is 0 Å². The van der Waals surface area contributed by atoms with Crippen LogP contribution in [0.4, 0.5) is 13.2 Å². The summed E-state index contributed by atoms with van der Waals surface area (Å²) in [7, 11) is 0. The second-order valence-corrected chi connectivity index (χ2v) is 5.51. The molecule has 1 heterocycles. The number of benzene rings is 2. The zero-order valence-electron chi connectivity index (χ0n) is 12.4. The molecule has 0 saturated heterocycles. The van der Waals surface area contributed by atoms with Gasteiger partial charge in [-0.05, 0) is 29.3 Å². The number of carbonyl (C=O) groups is 1. The number of hydrogen-bond donors (Lipinski definition) is 2. The molecule has 3 aromatic rings. The van der Waals surface area contributed by atoms with Gasteiger partial charge < -0.3 is 9.97 Å². The zero-order chi connectivity index (χ0) is 17.3. The van der Waals surface area contributed by atoms with Gasteiger partial charge in [0.05, 0.1) is 16.6 Å². The van der Waals surface area contributed by atoms with Crippen molar-refractivity contribution in [2.24, 2.45) is 0 Å². The van der Waals surface area contributed by atoms with Gasteiger partial charge in [-0.15, -0.1) is 0 Å². The molecule has 0 aliphatic rings. The SMILES string of the molecule is O=C(Cc1ccc(C(F)(F)F)cc1)Cc1cccc2[nH]c(=O)[nH]c12. The fourth-order valence-corrected chi connectivity index (χ4v) is 2.58. The first kappa shape index (κ1) is 16.0. The van der Waals surface area contributed by atoms with Crippen molar-refractivity contribution in [1.82, 2.24) is 9.97 Å². The van der Waals surface area contributed by atoms with Crippen LogP contribution in [-0.2, 0) is 23.8 Å². The number of alkyl halides is 3. The van der Waals surface area contributed by atoms with E-state index in [0.717, 1.165) is 12.1 Å². The van der Waals surface area contributed by atoms with Gasteiger partial charge >= 0.3 is 11.9 Å². The summed E-state index contributed by atoms with van der Waals surface area (Å²) in [6, 6.07) is 9.72. The number of nitrogens with one attached hydrogen (secondary N) is 2. The molecule has 7 heteroatoms. The number of aromatic amines is 2. The molecule has 0 unspecified atom stereocenters. The maximum atomic E-state index is 12.5. The van der Waals surface area contributed by atoms with Crippen molar-refractivity contribution in [3.8, 4) is 0 Å². The summed E-state index contributed by atoms with van der Waals surface area (Å²) in [6.45, 7) is 0. The van der Waals surface area contributed by atoms with Crippen molar-refractivity contribution in [1.29, 1.82) is 0 Å². The average Bonchev–Trinajstić information content (AvgIpc) is 2.88. The Bertz CT molecular complexity index is 937. The summed E-state index contributed by atoms with van der Waals surface area (Å²) in [5.41, 5.74) is 1.27. The molecule has 3 rings (SSSR count). The van der Waals surface area contributed by atoms with Gasteiger partial charge in [0.2, 0.25) is 0 Å². The number of Topliss-reactive ketones (excluding diaryl/α,β-unsaturated/α-hetero) is 1. The van der Waals surface area contributed by atoms with Crippen molar-refractivity contribution in [2.45, 2.75) is 19.0 Å². The third-order valence-electron chi connectivity index (χ3n) is 3.71. The van der Waals surface area contributed by atoms with Crippen LogP contribution in [0.2, 0.25) is 0 Å². The Morgan fingerprint density at radius 2 is 1.67 bits per heavy atom. The molecular formula is C17H13F3N2O2. The molecule has 1 aromatic heterocycles. The first-order chi connectivity index (χ1) is 11.3. The molecule has 0 spiro atoms. The topological polar surface area (TPSA) is 65.7 Å². The fraction of sp³-hybridized carbons (Fsp3) is 0.176. The quantitative estimate of drug-likeness (QED) is 0.769. The smallest absolute Gasteiger partial charge is 0.306 e. The first-order valence-corrected chi connectivity index (χ1v) is 7.20. The molecule has 2 aromatic carbocycles. The third-order valence-corrected chi connectivity index (χ3v) is 3.71. The van der Waals surface area contributed by atoms with Crippen molar-refractivity contribution >= 4 is 16.8 Å². The number of para-hydroxylation sites is 1. The van der Waals surface area contributed by atoms with Gasteiger partial charge in [-0.25, -0.2) is 4.79 Å². The highest BCUT2D eigenvalue weighted by molar-refractivity contribution is 5.88. The molecule has 0 saturated carbocycles. The number of H-pyrrole nitrogens is 2. The van der Waals surface area contributed by atoms with Crippen molar-refractivity contribution in [3.63, 3.8) is 0 Å². The van der Waals surface area contributed by atoms with Gasteiger partial charge in [0.15, 0.2) is 0 Å². The molecule has 0 radical (unpaired) electrons. The Hall–Kier alpha value is -2.83.